The molecule has 162 valence electrons. The summed E-state index contributed by atoms with van der Waals surface area (Å²) in [7, 11) is 0. The predicted octanol–water partition coefficient (Wildman–Crippen LogP) is 4.52. The Morgan fingerprint density at radius 2 is 1.61 bits per heavy atom. The number of nitrogens with one attached hydrogen (secondary N) is 4. The third-order valence-electron chi connectivity index (χ3n) is 5.67. The van der Waals surface area contributed by atoms with Crippen LogP contribution in [0.1, 0.15) is 17.4 Å². The molecule has 0 aliphatic carbocycles. The number of hydrogen-bond acceptors (Lipinski definition) is 6. The van der Waals surface area contributed by atoms with E-state index in [4.69, 9.17) is 15.0 Å². The molecule has 33 heavy (non-hydrogen) atoms. The predicted molar refractivity (Wildman–Crippen MR) is 129 cm³/mol. The van der Waals surface area contributed by atoms with Gasteiger partial charge in [-0.25, -0.2) is 10.4 Å². The van der Waals surface area contributed by atoms with Gasteiger partial charge in [-0.1, -0.05) is 54.6 Å². The van der Waals surface area contributed by atoms with Crippen LogP contribution >= 0.6 is 0 Å². The van der Waals surface area contributed by atoms with Crippen molar-refractivity contribution >= 4 is 34.2 Å². The summed E-state index contributed by atoms with van der Waals surface area (Å²) in [5.41, 5.74) is 12.2. The van der Waals surface area contributed by atoms with Crippen LogP contribution in [0.25, 0.3) is 10.9 Å². The van der Waals surface area contributed by atoms with Crippen molar-refractivity contribution in [1.29, 1.82) is 0 Å². The smallest absolute Gasteiger partial charge is 0.237 e. The molecule has 1 atom stereocenters. The molecule has 8 nitrogen and oxygen atoms in total. The zero-order valence-electron chi connectivity index (χ0n) is 17.9. The molecular weight excluding hydrogens is 412 g/mol. The summed E-state index contributed by atoms with van der Waals surface area (Å²) in [6.45, 7) is 2.08. The van der Waals surface area contributed by atoms with Gasteiger partial charge in [0.2, 0.25) is 17.5 Å². The number of aromatic amines is 1. The second-order valence-electron chi connectivity index (χ2n) is 7.86. The summed E-state index contributed by atoms with van der Waals surface area (Å²) in [6.07, 6.45) is -0.232. The van der Waals surface area contributed by atoms with Gasteiger partial charge in [0.15, 0.2) is 0 Å². The number of hydrogen-bond donors (Lipinski definition) is 4. The van der Waals surface area contributed by atoms with E-state index in [1.807, 2.05) is 77.4 Å². The van der Waals surface area contributed by atoms with E-state index in [1.54, 1.807) is 0 Å². The number of benzene rings is 3. The van der Waals surface area contributed by atoms with Crippen LogP contribution in [0.2, 0.25) is 0 Å². The number of para-hydroxylation sites is 3. The molecule has 3 heterocycles. The van der Waals surface area contributed by atoms with Crippen LogP contribution in [0.3, 0.4) is 0 Å². The summed E-state index contributed by atoms with van der Waals surface area (Å²) in [4.78, 5) is 17.9. The highest BCUT2D eigenvalue weighted by atomic mass is 15.6. The first kappa shape index (κ1) is 19.3. The first-order valence-corrected chi connectivity index (χ1v) is 10.8. The molecular formula is C25H22N8. The van der Waals surface area contributed by atoms with E-state index in [2.05, 4.69) is 40.2 Å². The lowest BCUT2D eigenvalue weighted by Crippen LogP contribution is -2.31. The number of rotatable bonds is 4. The Labute approximate surface area is 190 Å². The van der Waals surface area contributed by atoms with Gasteiger partial charge < -0.3 is 10.3 Å². The lowest BCUT2D eigenvalue weighted by Gasteiger charge is -2.15. The van der Waals surface area contributed by atoms with Gasteiger partial charge >= 0.3 is 0 Å². The SMILES string of the molecule is Cc1[nH]c2ccccc2c1[C@@H]1NNc2nc(Nc3ccccc3)nc(=Nc3ccccc3)n21. The Kier molecular flexibility index (Phi) is 4.63. The van der Waals surface area contributed by atoms with Crippen LogP contribution in [0.4, 0.5) is 23.3 Å². The van der Waals surface area contributed by atoms with Crippen LogP contribution < -0.4 is 21.8 Å². The average molecular weight is 435 g/mol. The molecule has 5 aromatic rings. The topological polar surface area (TPSA) is 94.9 Å². The van der Waals surface area contributed by atoms with Gasteiger partial charge in [-0.3, -0.25) is 9.99 Å². The van der Waals surface area contributed by atoms with Gasteiger partial charge in [0.25, 0.3) is 0 Å². The number of aryl methyl sites for hydroxylation is 1. The zero-order chi connectivity index (χ0) is 22.2. The van der Waals surface area contributed by atoms with Gasteiger partial charge in [0, 0.05) is 27.8 Å². The minimum Gasteiger partial charge on any atom is -0.358 e. The third-order valence-corrected chi connectivity index (χ3v) is 5.67. The normalized spacial score (nSPS) is 15.4. The molecule has 6 rings (SSSR count). The van der Waals surface area contributed by atoms with E-state index in [1.165, 1.54) is 0 Å². The Bertz CT molecular complexity index is 1500. The fraction of sp³-hybridized carbons (Fsp3) is 0.0800. The average Bonchev–Trinajstić information content (AvgIpc) is 3.40. The van der Waals surface area contributed by atoms with E-state index in [9.17, 15) is 0 Å². The first-order valence-electron chi connectivity index (χ1n) is 10.8. The highest BCUT2D eigenvalue weighted by molar-refractivity contribution is 5.85. The van der Waals surface area contributed by atoms with Crippen LogP contribution in [-0.2, 0) is 0 Å². The number of fused-ring (bicyclic) bond motifs is 2. The Morgan fingerprint density at radius 3 is 2.42 bits per heavy atom. The van der Waals surface area contributed by atoms with E-state index >= 15 is 0 Å². The summed E-state index contributed by atoms with van der Waals surface area (Å²) < 4.78 is 1.99. The maximum absolute atomic E-state index is 4.87. The van der Waals surface area contributed by atoms with Crippen molar-refractivity contribution in [1.82, 2.24) is 24.9 Å². The highest BCUT2D eigenvalue weighted by Crippen LogP contribution is 2.32. The number of anilines is 3. The zero-order valence-corrected chi connectivity index (χ0v) is 17.9. The monoisotopic (exact) mass is 434 g/mol. The molecule has 0 unspecified atom stereocenters. The van der Waals surface area contributed by atoms with Gasteiger partial charge in [0.05, 0.1) is 5.69 Å². The fourth-order valence-corrected chi connectivity index (χ4v) is 4.20. The second-order valence-corrected chi connectivity index (χ2v) is 7.86. The molecule has 0 saturated carbocycles. The van der Waals surface area contributed by atoms with E-state index < -0.39 is 0 Å². The molecule has 0 radical (unpaired) electrons. The van der Waals surface area contributed by atoms with Crippen molar-refractivity contribution in [3.8, 4) is 0 Å². The number of aromatic nitrogens is 4. The quantitative estimate of drug-likeness (QED) is 0.334. The third kappa shape index (κ3) is 3.52. The number of hydrazine groups is 1. The Morgan fingerprint density at radius 1 is 0.879 bits per heavy atom. The van der Waals surface area contributed by atoms with Gasteiger partial charge in [-0.05, 0) is 37.3 Å². The minimum absolute atomic E-state index is 0.232. The van der Waals surface area contributed by atoms with Crippen molar-refractivity contribution in [2.75, 3.05) is 10.7 Å². The Hall–Kier alpha value is -4.43. The number of H-pyrrole nitrogens is 1. The molecule has 0 fully saturated rings. The highest BCUT2D eigenvalue weighted by Gasteiger charge is 2.29. The second kappa shape index (κ2) is 7.92. The van der Waals surface area contributed by atoms with Crippen LogP contribution in [0.15, 0.2) is 89.9 Å². The molecule has 1 aliphatic rings. The van der Waals surface area contributed by atoms with E-state index in [-0.39, 0.29) is 6.17 Å². The molecule has 3 aromatic carbocycles. The lowest BCUT2D eigenvalue weighted by atomic mass is 10.1. The van der Waals surface area contributed by atoms with Crippen molar-refractivity contribution in [2.24, 2.45) is 4.99 Å². The van der Waals surface area contributed by atoms with Crippen molar-refractivity contribution in [3.63, 3.8) is 0 Å². The molecule has 4 N–H and O–H groups in total. The summed E-state index contributed by atoms with van der Waals surface area (Å²) in [6, 6.07) is 28.0. The molecule has 0 saturated heterocycles. The molecule has 0 bridgehead atoms. The fourth-order valence-electron chi connectivity index (χ4n) is 4.20. The lowest BCUT2D eigenvalue weighted by molar-refractivity contribution is 0.538. The maximum atomic E-state index is 4.87. The van der Waals surface area contributed by atoms with Gasteiger partial charge in [-0.15, -0.1) is 0 Å². The molecule has 8 heteroatoms. The number of nitrogens with zero attached hydrogens (tertiary/aromatic N) is 4. The standard InChI is InChI=1S/C25H22N8/c1-16-21(19-14-8-9-15-20(19)26-16)22-31-32-25-30-23(27-17-10-4-2-5-11-17)29-24(33(22)25)28-18-12-6-3-7-13-18/h2-15,22,26,31H,1H3,(H2,27,28,29,30,32)/t22-/m1/s1. The summed E-state index contributed by atoms with van der Waals surface area (Å²) in [5, 5.41) is 4.43. The molecule has 2 aromatic heterocycles. The van der Waals surface area contributed by atoms with Crippen LogP contribution in [0, 0.1) is 6.92 Å². The van der Waals surface area contributed by atoms with E-state index in [0.29, 0.717) is 17.5 Å². The minimum atomic E-state index is -0.232. The maximum Gasteiger partial charge on any atom is 0.237 e. The Balaban J connectivity index is 1.54. The van der Waals surface area contributed by atoms with Crippen molar-refractivity contribution < 1.29 is 0 Å². The molecule has 1 aliphatic heterocycles. The van der Waals surface area contributed by atoms with Gasteiger partial charge in [0.1, 0.15) is 6.17 Å². The first-order chi connectivity index (χ1) is 16.3. The van der Waals surface area contributed by atoms with Gasteiger partial charge in [-0.2, -0.15) is 9.97 Å². The van der Waals surface area contributed by atoms with Crippen molar-refractivity contribution in [2.45, 2.75) is 13.1 Å². The summed E-state index contributed by atoms with van der Waals surface area (Å²) >= 11 is 0. The summed E-state index contributed by atoms with van der Waals surface area (Å²) in [5.74, 6) is 1.10. The van der Waals surface area contributed by atoms with Crippen molar-refractivity contribution in [3.05, 3.63) is 102 Å². The molecule has 0 amide bonds. The molecule has 0 spiro atoms. The van der Waals surface area contributed by atoms with Crippen LogP contribution in [-0.4, -0.2) is 19.5 Å². The van der Waals surface area contributed by atoms with E-state index in [0.717, 1.165) is 33.5 Å². The largest absolute Gasteiger partial charge is 0.358 e. The van der Waals surface area contributed by atoms with Crippen LogP contribution in [0.5, 0.6) is 0 Å².